The van der Waals surface area contributed by atoms with E-state index in [2.05, 4.69) is 39.0 Å². The molecule has 5 atom stereocenters. The van der Waals surface area contributed by atoms with Crippen molar-refractivity contribution in [1.29, 1.82) is 0 Å². The summed E-state index contributed by atoms with van der Waals surface area (Å²) >= 11 is 0. The Hall–Kier alpha value is -1.31. The lowest BCUT2D eigenvalue weighted by Gasteiger charge is -2.50. The van der Waals surface area contributed by atoms with Gasteiger partial charge in [0.15, 0.2) is 0 Å². The molecule has 0 heterocycles. The summed E-state index contributed by atoms with van der Waals surface area (Å²) < 4.78 is 5.49. The molecular formula is C21H28O2. The molecule has 0 aliphatic heterocycles. The zero-order chi connectivity index (χ0) is 16.4. The molecule has 0 aromatic rings. The predicted molar refractivity (Wildman–Crippen MR) is 91.7 cm³/mol. The fourth-order valence-corrected chi connectivity index (χ4v) is 5.90. The fraction of sp³-hybridized carbons (Fsp3) is 0.667. The Kier molecular flexibility index (Phi) is 3.21. The second-order valence-corrected chi connectivity index (χ2v) is 8.54. The van der Waals surface area contributed by atoms with Gasteiger partial charge in [-0.15, -0.1) is 0 Å². The molecule has 0 amide bonds. The van der Waals surface area contributed by atoms with Gasteiger partial charge in [-0.1, -0.05) is 38.5 Å². The Balaban J connectivity index is 1.76. The molecule has 4 aliphatic rings. The Morgan fingerprint density at radius 1 is 1.26 bits per heavy atom. The summed E-state index contributed by atoms with van der Waals surface area (Å²) in [6.45, 7) is 6.76. The van der Waals surface area contributed by atoms with Crippen molar-refractivity contribution in [2.45, 2.75) is 52.9 Å². The van der Waals surface area contributed by atoms with Crippen LogP contribution in [-0.4, -0.2) is 12.9 Å². The lowest BCUT2D eigenvalue weighted by Crippen LogP contribution is -2.43. The summed E-state index contributed by atoms with van der Waals surface area (Å²) in [6.07, 6.45) is 12.4. The minimum absolute atomic E-state index is 0.114. The molecular weight excluding hydrogens is 284 g/mol. The topological polar surface area (TPSA) is 26.3 Å². The van der Waals surface area contributed by atoms with Gasteiger partial charge in [0.25, 0.3) is 0 Å². The van der Waals surface area contributed by atoms with E-state index in [1.54, 1.807) is 12.7 Å². The minimum Gasteiger partial charge on any atom is -0.501 e. The lowest BCUT2D eigenvalue weighted by molar-refractivity contribution is -0.129. The van der Waals surface area contributed by atoms with Crippen molar-refractivity contribution in [3.05, 3.63) is 35.1 Å². The Bertz CT molecular complexity index is 653. The second-order valence-electron chi connectivity index (χ2n) is 8.54. The zero-order valence-corrected chi connectivity index (χ0v) is 14.8. The number of Topliss-reactive ketones (excluding diaryl/α,β-unsaturated/α-hetero) is 1. The van der Waals surface area contributed by atoms with Crippen molar-refractivity contribution in [3.63, 3.8) is 0 Å². The van der Waals surface area contributed by atoms with Crippen molar-refractivity contribution < 1.29 is 9.53 Å². The van der Waals surface area contributed by atoms with E-state index in [1.165, 1.54) is 5.57 Å². The third-order valence-corrected chi connectivity index (χ3v) is 7.38. The zero-order valence-electron chi connectivity index (χ0n) is 14.8. The first kappa shape index (κ1) is 15.2. The predicted octanol–water partition coefficient (Wildman–Crippen LogP) is 4.82. The molecule has 0 N–H and O–H groups in total. The highest BCUT2D eigenvalue weighted by atomic mass is 16.5. The van der Waals surface area contributed by atoms with Crippen LogP contribution in [0.25, 0.3) is 0 Å². The van der Waals surface area contributed by atoms with E-state index in [0.717, 1.165) is 37.9 Å². The summed E-state index contributed by atoms with van der Waals surface area (Å²) in [5, 5.41) is 0. The largest absolute Gasteiger partial charge is 0.501 e. The Morgan fingerprint density at radius 3 is 2.78 bits per heavy atom. The van der Waals surface area contributed by atoms with Gasteiger partial charge < -0.3 is 4.74 Å². The normalized spacial score (nSPS) is 45.3. The highest BCUT2D eigenvalue weighted by Gasteiger charge is 2.57. The maximum atomic E-state index is 12.7. The van der Waals surface area contributed by atoms with Gasteiger partial charge in [0.2, 0.25) is 0 Å². The molecule has 4 rings (SSSR count). The third kappa shape index (κ3) is 1.90. The van der Waals surface area contributed by atoms with E-state index < -0.39 is 0 Å². The van der Waals surface area contributed by atoms with E-state index in [0.29, 0.717) is 17.6 Å². The monoisotopic (exact) mass is 312 g/mol. The molecule has 0 bridgehead atoms. The number of rotatable bonds is 1. The average Bonchev–Trinajstić information content (AvgIpc) is 2.78. The van der Waals surface area contributed by atoms with Gasteiger partial charge in [-0.3, -0.25) is 4.79 Å². The number of fused-ring (bicyclic) bond motifs is 5. The quantitative estimate of drug-likeness (QED) is 0.649. The van der Waals surface area contributed by atoms with Crippen LogP contribution in [0.15, 0.2) is 35.1 Å². The molecule has 0 saturated heterocycles. The maximum Gasteiger partial charge on any atom is 0.142 e. The molecule has 1 saturated carbocycles. The van der Waals surface area contributed by atoms with Gasteiger partial charge in [0.05, 0.1) is 12.9 Å². The molecule has 2 heteroatoms. The van der Waals surface area contributed by atoms with Gasteiger partial charge in [0, 0.05) is 23.2 Å². The van der Waals surface area contributed by atoms with Crippen LogP contribution in [0.3, 0.4) is 0 Å². The number of hydrogen-bond acceptors (Lipinski definition) is 2. The molecule has 4 aliphatic carbocycles. The first-order valence-electron chi connectivity index (χ1n) is 9.10. The molecule has 0 spiro atoms. The molecule has 0 aromatic carbocycles. The lowest BCUT2D eigenvalue weighted by atomic mass is 9.53. The fourth-order valence-electron chi connectivity index (χ4n) is 5.90. The summed E-state index contributed by atoms with van der Waals surface area (Å²) in [5.74, 6) is 2.95. The third-order valence-electron chi connectivity index (χ3n) is 7.38. The molecule has 124 valence electrons. The van der Waals surface area contributed by atoms with Crippen LogP contribution in [0.5, 0.6) is 0 Å². The molecule has 0 aromatic heterocycles. The average molecular weight is 312 g/mol. The van der Waals surface area contributed by atoms with Crippen molar-refractivity contribution in [1.82, 2.24) is 0 Å². The summed E-state index contributed by atoms with van der Waals surface area (Å²) in [5.41, 5.74) is 3.09. The van der Waals surface area contributed by atoms with E-state index in [9.17, 15) is 4.79 Å². The van der Waals surface area contributed by atoms with Gasteiger partial charge in [-0.05, 0) is 49.2 Å². The first-order valence-corrected chi connectivity index (χ1v) is 9.10. The molecule has 23 heavy (non-hydrogen) atoms. The summed E-state index contributed by atoms with van der Waals surface area (Å²) in [4.78, 5) is 12.7. The molecule has 2 nitrogen and oxygen atoms in total. The number of carbonyl (C=O) groups is 1. The minimum atomic E-state index is -0.114. The van der Waals surface area contributed by atoms with Crippen LogP contribution in [0.1, 0.15) is 52.9 Å². The summed E-state index contributed by atoms with van der Waals surface area (Å²) in [6, 6.07) is 0. The number of ether oxygens (including phenoxy) is 1. The Morgan fingerprint density at radius 2 is 2.04 bits per heavy atom. The van der Waals surface area contributed by atoms with Gasteiger partial charge >= 0.3 is 0 Å². The first-order chi connectivity index (χ1) is 10.9. The van der Waals surface area contributed by atoms with Crippen LogP contribution >= 0.6 is 0 Å². The van der Waals surface area contributed by atoms with Gasteiger partial charge in [-0.2, -0.15) is 0 Å². The van der Waals surface area contributed by atoms with Crippen LogP contribution < -0.4 is 0 Å². The van der Waals surface area contributed by atoms with Crippen LogP contribution in [0.2, 0.25) is 0 Å². The van der Waals surface area contributed by atoms with E-state index in [4.69, 9.17) is 4.74 Å². The number of hydrogen-bond donors (Lipinski definition) is 0. The SMILES string of the molecule is COC1=CC2=CCC3C(=CCC4(C)C(=O)C(C)CC34)C2(C)CC1. The molecule has 1 fully saturated rings. The maximum absolute atomic E-state index is 12.7. The number of carbonyl (C=O) groups excluding carboxylic acids is 1. The van der Waals surface area contributed by atoms with Gasteiger partial charge in [-0.25, -0.2) is 0 Å². The second kappa shape index (κ2) is 4.84. The van der Waals surface area contributed by atoms with Crippen molar-refractivity contribution in [2.24, 2.45) is 28.6 Å². The Labute approximate surface area is 139 Å². The smallest absolute Gasteiger partial charge is 0.142 e. The standard InChI is InChI=1S/C21H28O2/c1-13-11-18-16-6-5-14-12-15(23-4)7-9-20(14,2)17(16)8-10-21(18,3)19(13)22/h5,8,12-13,16,18H,6-7,9-11H2,1-4H3. The van der Waals surface area contributed by atoms with Gasteiger partial charge in [0.1, 0.15) is 5.78 Å². The van der Waals surface area contributed by atoms with Crippen LogP contribution in [0, 0.1) is 28.6 Å². The highest BCUT2D eigenvalue weighted by molar-refractivity contribution is 5.89. The van der Waals surface area contributed by atoms with Crippen molar-refractivity contribution >= 4 is 5.78 Å². The summed E-state index contributed by atoms with van der Waals surface area (Å²) in [7, 11) is 1.78. The number of methoxy groups -OCH3 is 1. The van der Waals surface area contributed by atoms with Crippen molar-refractivity contribution in [3.8, 4) is 0 Å². The molecule has 5 unspecified atom stereocenters. The van der Waals surface area contributed by atoms with E-state index in [-0.39, 0.29) is 16.7 Å². The van der Waals surface area contributed by atoms with E-state index >= 15 is 0 Å². The molecule has 0 radical (unpaired) electrons. The highest BCUT2D eigenvalue weighted by Crippen LogP contribution is 2.62. The number of allylic oxidation sites excluding steroid dienone is 6. The van der Waals surface area contributed by atoms with E-state index in [1.807, 2.05) is 0 Å². The number of ketones is 1. The van der Waals surface area contributed by atoms with Crippen LogP contribution in [0.4, 0.5) is 0 Å². The van der Waals surface area contributed by atoms with Crippen molar-refractivity contribution in [2.75, 3.05) is 7.11 Å². The van der Waals surface area contributed by atoms with Crippen LogP contribution in [-0.2, 0) is 9.53 Å².